The van der Waals surface area contributed by atoms with E-state index in [9.17, 15) is 9.18 Å². The molecule has 1 heterocycles. The van der Waals surface area contributed by atoms with Gasteiger partial charge in [-0.15, -0.1) is 0 Å². The van der Waals surface area contributed by atoms with Crippen molar-refractivity contribution in [1.29, 1.82) is 0 Å². The van der Waals surface area contributed by atoms with Gasteiger partial charge >= 0.3 is 0 Å². The molecular weight excluding hydrogens is 291 g/mol. The number of hydrogen-bond acceptors (Lipinski definition) is 2. The molecule has 3 nitrogen and oxygen atoms in total. The fourth-order valence-corrected chi connectivity index (χ4v) is 2.33. The van der Waals surface area contributed by atoms with Crippen LogP contribution in [0, 0.1) is 5.82 Å². The van der Waals surface area contributed by atoms with Gasteiger partial charge in [-0.05, 0) is 37.6 Å². The average molecular weight is 307 g/mol. The van der Waals surface area contributed by atoms with E-state index in [1.165, 1.54) is 17.0 Å². The van der Waals surface area contributed by atoms with Crippen LogP contribution in [0.1, 0.15) is 29.9 Å². The van der Waals surface area contributed by atoms with Crippen LogP contribution in [0.4, 0.5) is 10.1 Å². The van der Waals surface area contributed by atoms with Crippen LogP contribution >= 0.6 is 11.6 Å². The smallest absolute Gasteiger partial charge is 0.258 e. The zero-order chi connectivity index (χ0) is 15.4. The lowest BCUT2D eigenvalue weighted by atomic mass is 10.1. The summed E-state index contributed by atoms with van der Waals surface area (Å²) >= 11 is 5.94. The van der Waals surface area contributed by atoms with Gasteiger partial charge in [-0.1, -0.05) is 30.7 Å². The zero-order valence-electron chi connectivity index (χ0n) is 11.9. The molecule has 1 amide bonds. The molecule has 0 N–H and O–H groups in total. The quantitative estimate of drug-likeness (QED) is 0.797. The molecule has 21 heavy (non-hydrogen) atoms. The molecule has 2 aromatic rings. The minimum absolute atomic E-state index is 0.260. The van der Waals surface area contributed by atoms with Crippen LogP contribution in [0.2, 0.25) is 5.15 Å². The highest BCUT2D eigenvalue weighted by Gasteiger charge is 2.19. The first-order valence-electron chi connectivity index (χ1n) is 6.79. The number of aromatic nitrogens is 1. The highest BCUT2D eigenvalue weighted by Crippen LogP contribution is 2.22. The third kappa shape index (κ3) is 3.39. The number of aryl methyl sites for hydroxylation is 1. The summed E-state index contributed by atoms with van der Waals surface area (Å²) in [7, 11) is 0. The van der Waals surface area contributed by atoms with E-state index in [0.717, 1.165) is 5.69 Å². The first-order chi connectivity index (χ1) is 10.1. The van der Waals surface area contributed by atoms with Crippen molar-refractivity contribution in [2.24, 2.45) is 0 Å². The lowest BCUT2D eigenvalue weighted by Crippen LogP contribution is -2.31. The molecule has 0 fully saturated rings. The Bertz CT molecular complexity index is 660. The Kier molecular flexibility index (Phi) is 4.91. The Hall–Kier alpha value is -1.94. The maximum Gasteiger partial charge on any atom is 0.258 e. The highest BCUT2D eigenvalue weighted by atomic mass is 35.5. The fourth-order valence-electron chi connectivity index (χ4n) is 2.11. The molecule has 0 atom stereocenters. The maximum absolute atomic E-state index is 13.9. The Morgan fingerprint density at radius 3 is 2.62 bits per heavy atom. The first kappa shape index (κ1) is 15.4. The van der Waals surface area contributed by atoms with Gasteiger partial charge in [0.2, 0.25) is 0 Å². The van der Waals surface area contributed by atoms with Crippen molar-refractivity contribution in [1.82, 2.24) is 4.98 Å². The molecule has 2 rings (SSSR count). The first-order valence-corrected chi connectivity index (χ1v) is 7.17. The highest BCUT2D eigenvalue weighted by molar-refractivity contribution is 6.29. The van der Waals surface area contributed by atoms with Gasteiger partial charge in [-0.2, -0.15) is 0 Å². The lowest BCUT2D eigenvalue weighted by Gasteiger charge is -2.22. The topological polar surface area (TPSA) is 33.2 Å². The van der Waals surface area contributed by atoms with Crippen LogP contribution in [-0.2, 0) is 6.42 Å². The molecular formula is C16H16ClFN2O. The van der Waals surface area contributed by atoms with Crippen molar-refractivity contribution >= 4 is 23.2 Å². The van der Waals surface area contributed by atoms with Gasteiger partial charge in [0.15, 0.2) is 0 Å². The monoisotopic (exact) mass is 306 g/mol. The molecule has 0 saturated carbocycles. The van der Waals surface area contributed by atoms with Gasteiger partial charge in [-0.25, -0.2) is 9.37 Å². The minimum Gasteiger partial charge on any atom is -0.306 e. The van der Waals surface area contributed by atoms with Crippen LogP contribution in [0.3, 0.4) is 0 Å². The summed E-state index contributed by atoms with van der Waals surface area (Å²) in [5.41, 5.74) is 1.41. The molecule has 5 heteroatoms. The number of pyridine rings is 1. The van der Waals surface area contributed by atoms with Gasteiger partial charge in [0.1, 0.15) is 11.0 Å². The van der Waals surface area contributed by atoms with Crippen LogP contribution in [0.5, 0.6) is 0 Å². The van der Waals surface area contributed by atoms with E-state index < -0.39 is 5.82 Å². The van der Waals surface area contributed by atoms with E-state index >= 15 is 0 Å². The predicted molar refractivity (Wildman–Crippen MR) is 82.4 cm³/mol. The number of halogens is 2. The van der Waals surface area contributed by atoms with Crippen molar-refractivity contribution in [3.63, 3.8) is 0 Å². The van der Waals surface area contributed by atoms with Gasteiger partial charge in [-0.3, -0.25) is 4.79 Å². The minimum atomic E-state index is -0.427. The lowest BCUT2D eigenvalue weighted by molar-refractivity contribution is 0.0987. The summed E-state index contributed by atoms with van der Waals surface area (Å²) in [5.74, 6) is -0.717. The molecule has 0 radical (unpaired) electrons. The van der Waals surface area contributed by atoms with E-state index in [-0.39, 0.29) is 16.7 Å². The number of para-hydroxylation sites is 1. The second kappa shape index (κ2) is 6.68. The Labute approximate surface area is 128 Å². The maximum atomic E-state index is 13.9. The van der Waals surface area contributed by atoms with Crippen molar-refractivity contribution in [3.8, 4) is 0 Å². The summed E-state index contributed by atoms with van der Waals surface area (Å²) in [5, 5.41) is 0.266. The van der Waals surface area contributed by atoms with Crippen LogP contribution < -0.4 is 4.90 Å². The van der Waals surface area contributed by atoms with Gasteiger partial charge in [0, 0.05) is 17.8 Å². The van der Waals surface area contributed by atoms with Gasteiger partial charge in [0.05, 0.1) is 5.69 Å². The molecule has 0 unspecified atom stereocenters. The normalized spacial score (nSPS) is 10.5. The van der Waals surface area contributed by atoms with Crippen LogP contribution in [0.25, 0.3) is 0 Å². The molecule has 0 bridgehead atoms. The molecule has 0 aliphatic carbocycles. The number of amides is 1. The van der Waals surface area contributed by atoms with E-state index in [1.807, 2.05) is 6.92 Å². The molecule has 1 aromatic heterocycles. The van der Waals surface area contributed by atoms with Crippen LogP contribution in [0.15, 0.2) is 36.4 Å². The summed E-state index contributed by atoms with van der Waals surface area (Å²) in [4.78, 5) is 18.1. The van der Waals surface area contributed by atoms with Gasteiger partial charge in [0.25, 0.3) is 5.91 Å². The summed E-state index contributed by atoms with van der Waals surface area (Å²) in [6.45, 7) is 4.09. The number of benzene rings is 1. The molecule has 0 saturated heterocycles. The van der Waals surface area contributed by atoms with Crippen molar-refractivity contribution < 1.29 is 9.18 Å². The van der Waals surface area contributed by atoms with E-state index in [2.05, 4.69) is 4.98 Å². The fraction of sp³-hybridized carbons (Fsp3) is 0.250. The second-order valence-electron chi connectivity index (χ2n) is 4.52. The third-order valence-electron chi connectivity index (χ3n) is 3.16. The number of carbonyl (C=O) groups is 1. The molecule has 1 aromatic carbocycles. The second-order valence-corrected chi connectivity index (χ2v) is 4.91. The summed E-state index contributed by atoms with van der Waals surface area (Å²) in [6, 6.07) is 9.41. The van der Waals surface area contributed by atoms with Gasteiger partial charge < -0.3 is 4.90 Å². The van der Waals surface area contributed by atoms with E-state index in [0.29, 0.717) is 18.5 Å². The number of carbonyl (C=O) groups excluding carboxylic acids is 1. The Morgan fingerprint density at radius 1 is 1.29 bits per heavy atom. The largest absolute Gasteiger partial charge is 0.306 e. The number of rotatable bonds is 4. The van der Waals surface area contributed by atoms with Crippen molar-refractivity contribution in [3.05, 3.63) is 58.6 Å². The van der Waals surface area contributed by atoms with Crippen molar-refractivity contribution in [2.75, 3.05) is 11.4 Å². The number of hydrogen-bond donors (Lipinski definition) is 0. The summed E-state index contributed by atoms with van der Waals surface area (Å²) < 4.78 is 13.9. The molecule has 110 valence electrons. The Morgan fingerprint density at radius 2 is 2.00 bits per heavy atom. The summed E-state index contributed by atoms with van der Waals surface area (Å²) in [6.07, 6.45) is 0.673. The standard InChI is InChI=1S/C16H16ClFN2O/c1-3-12-9-11(10-15(17)19-12)16(21)20(4-2)14-8-6-5-7-13(14)18/h5-10H,3-4H2,1-2H3. The van der Waals surface area contributed by atoms with E-state index in [1.54, 1.807) is 31.2 Å². The number of anilines is 1. The molecule has 0 aliphatic heterocycles. The third-order valence-corrected chi connectivity index (χ3v) is 3.35. The van der Waals surface area contributed by atoms with Crippen molar-refractivity contribution in [2.45, 2.75) is 20.3 Å². The zero-order valence-corrected chi connectivity index (χ0v) is 12.7. The average Bonchev–Trinajstić information content (AvgIpc) is 2.49. The Balaban J connectivity index is 2.41. The molecule has 0 spiro atoms. The molecule has 0 aliphatic rings. The predicted octanol–water partition coefficient (Wildman–Crippen LogP) is 4.10. The van der Waals surface area contributed by atoms with E-state index in [4.69, 9.17) is 11.6 Å². The van der Waals surface area contributed by atoms with Crippen LogP contribution in [-0.4, -0.2) is 17.4 Å². The SMILES string of the molecule is CCc1cc(C(=O)N(CC)c2ccccc2F)cc(Cl)n1. The number of nitrogens with zero attached hydrogens (tertiary/aromatic N) is 2.